The van der Waals surface area contributed by atoms with Crippen LogP contribution in [0.3, 0.4) is 0 Å². The van der Waals surface area contributed by atoms with Crippen LogP contribution >= 0.6 is 11.3 Å². The molecule has 1 atom stereocenters. The fourth-order valence-corrected chi connectivity index (χ4v) is 5.15. The third-order valence-corrected chi connectivity index (χ3v) is 6.66. The van der Waals surface area contributed by atoms with E-state index in [-0.39, 0.29) is 40.0 Å². The number of benzene rings is 1. The lowest BCUT2D eigenvalue weighted by Crippen LogP contribution is -2.38. The quantitative estimate of drug-likeness (QED) is 0.536. The van der Waals surface area contributed by atoms with Crippen LogP contribution < -0.4 is 10.6 Å². The highest BCUT2D eigenvalue weighted by molar-refractivity contribution is 7.15. The van der Waals surface area contributed by atoms with Crippen LogP contribution in [-0.4, -0.2) is 15.6 Å². The molecule has 0 bridgehead atoms. The molecule has 0 fully saturated rings. The molecule has 1 aromatic heterocycles. The van der Waals surface area contributed by atoms with Crippen LogP contribution in [0.4, 0.5) is 16.4 Å². The smallest absolute Gasteiger partial charge is 0.324 e. The minimum absolute atomic E-state index is 0.0195. The van der Waals surface area contributed by atoms with E-state index in [1.165, 1.54) is 23.1 Å². The molecule has 1 aliphatic carbocycles. The first kappa shape index (κ1) is 21.2. The highest BCUT2D eigenvalue weighted by Gasteiger charge is 2.42. The topological polar surface area (TPSA) is 156 Å². The standard InChI is InChI=1S/C21H17N5O5S/c1-11-5-6-13(15(9-11)25(28)29)24-14-3-2-4-16(27)20(14)19(12(10-22)21(24)23)17-7-8-18(32-17)26(30)31/h5-9,19H,2-4,23H2,1H3/t19-/m1/s1. The lowest BCUT2D eigenvalue weighted by molar-refractivity contribution is -0.384. The number of nitrogens with zero attached hydrogens (tertiary/aromatic N) is 4. The Bertz CT molecular complexity index is 1290. The zero-order chi connectivity index (χ0) is 23.2. The van der Waals surface area contributed by atoms with Crippen LogP contribution in [0.5, 0.6) is 0 Å². The van der Waals surface area contributed by atoms with Gasteiger partial charge in [-0.05, 0) is 37.5 Å². The minimum atomic E-state index is -0.845. The van der Waals surface area contributed by atoms with E-state index in [0.29, 0.717) is 34.6 Å². The second-order valence-corrected chi connectivity index (χ2v) is 8.59. The number of carbonyl (C=O) groups excluding carboxylic acids is 1. The van der Waals surface area contributed by atoms with Crippen LogP contribution in [0.25, 0.3) is 0 Å². The van der Waals surface area contributed by atoms with Gasteiger partial charge in [-0.1, -0.05) is 17.4 Å². The number of nitriles is 1. The molecule has 1 aromatic carbocycles. The maximum Gasteiger partial charge on any atom is 0.324 e. The number of nitro benzene ring substituents is 1. The van der Waals surface area contributed by atoms with Gasteiger partial charge < -0.3 is 5.73 Å². The van der Waals surface area contributed by atoms with Gasteiger partial charge in [-0.25, -0.2) is 0 Å². The molecule has 1 aliphatic heterocycles. The number of anilines is 1. The van der Waals surface area contributed by atoms with Gasteiger partial charge in [-0.3, -0.25) is 29.9 Å². The summed E-state index contributed by atoms with van der Waals surface area (Å²) in [4.78, 5) is 36.8. The highest BCUT2D eigenvalue weighted by atomic mass is 32.1. The van der Waals surface area contributed by atoms with Gasteiger partial charge in [-0.15, -0.1) is 0 Å². The summed E-state index contributed by atoms with van der Waals surface area (Å²) in [5, 5.41) is 32.8. The van der Waals surface area contributed by atoms with Gasteiger partial charge in [0.25, 0.3) is 5.69 Å². The first-order valence-corrected chi connectivity index (χ1v) is 10.5. The van der Waals surface area contributed by atoms with Gasteiger partial charge in [0, 0.05) is 34.7 Å². The normalized spacial score (nSPS) is 18.4. The van der Waals surface area contributed by atoms with Crippen LogP contribution in [-0.2, 0) is 4.79 Å². The minimum Gasteiger partial charge on any atom is -0.384 e. The summed E-state index contributed by atoms with van der Waals surface area (Å²) in [6.45, 7) is 1.72. The SMILES string of the molecule is Cc1ccc(N2C(N)=C(C#N)[C@H](c3ccc([N+](=O)[O-])s3)C3=C2CCCC3=O)c([N+](=O)[O-])c1. The van der Waals surface area contributed by atoms with Crippen molar-refractivity contribution in [3.05, 3.63) is 83.7 Å². The Morgan fingerprint density at radius 3 is 2.56 bits per heavy atom. The number of nitrogens with two attached hydrogens (primary N) is 1. The molecule has 0 saturated heterocycles. The second-order valence-electron chi connectivity index (χ2n) is 7.50. The number of hydrogen-bond donors (Lipinski definition) is 1. The van der Waals surface area contributed by atoms with Crippen molar-refractivity contribution in [3.63, 3.8) is 0 Å². The highest BCUT2D eigenvalue weighted by Crippen LogP contribution is 2.49. The Morgan fingerprint density at radius 2 is 1.94 bits per heavy atom. The molecule has 0 unspecified atom stereocenters. The van der Waals surface area contributed by atoms with Gasteiger partial charge in [0.15, 0.2) is 5.78 Å². The largest absolute Gasteiger partial charge is 0.384 e. The van der Waals surface area contributed by atoms with Gasteiger partial charge >= 0.3 is 5.00 Å². The van der Waals surface area contributed by atoms with E-state index in [9.17, 15) is 30.3 Å². The molecule has 2 aliphatic rings. The first-order chi connectivity index (χ1) is 15.2. The van der Waals surface area contributed by atoms with Crippen molar-refractivity contribution in [3.8, 4) is 6.07 Å². The number of carbonyl (C=O) groups is 1. The van der Waals surface area contributed by atoms with Crippen molar-refractivity contribution in [2.75, 3.05) is 4.90 Å². The van der Waals surface area contributed by atoms with E-state index in [4.69, 9.17) is 5.73 Å². The van der Waals surface area contributed by atoms with Crippen molar-refractivity contribution in [2.45, 2.75) is 32.1 Å². The number of aryl methyl sites for hydroxylation is 1. The zero-order valence-electron chi connectivity index (χ0n) is 16.9. The summed E-state index contributed by atoms with van der Waals surface area (Å²) in [6, 6.07) is 9.56. The Kier molecular flexibility index (Phi) is 5.23. The average Bonchev–Trinajstić information content (AvgIpc) is 3.24. The Labute approximate surface area is 186 Å². The molecule has 0 spiro atoms. The predicted molar refractivity (Wildman–Crippen MR) is 117 cm³/mol. The van der Waals surface area contributed by atoms with Crippen molar-refractivity contribution < 1.29 is 14.6 Å². The molecule has 10 nitrogen and oxygen atoms in total. The van der Waals surface area contributed by atoms with E-state index >= 15 is 0 Å². The molecule has 0 saturated carbocycles. The Hall–Kier alpha value is -4.04. The third-order valence-electron chi connectivity index (χ3n) is 5.56. The monoisotopic (exact) mass is 451 g/mol. The number of thiophene rings is 1. The van der Waals surface area contributed by atoms with Crippen LogP contribution in [0.15, 0.2) is 53.0 Å². The Morgan fingerprint density at radius 1 is 1.19 bits per heavy atom. The molecule has 32 heavy (non-hydrogen) atoms. The summed E-state index contributed by atoms with van der Waals surface area (Å²) in [5.74, 6) is -1.07. The molecule has 2 heterocycles. The lowest BCUT2D eigenvalue weighted by Gasteiger charge is -2.38. The number of hydrogen-bond acceptors (Lipinski definition) is 9. The van der Waals surface area contributed by atoms with Crippen LogP contribution in [0.2, 0.25) is 0 Å². The predicted octanol–water partition coefficient (Wildman–Crippen LogP) is 4.18. The molecular formula is C21H17N5O5S. The van der Waals surface area contributed by atoms with Crippen LogP contribution in [0.1, 0.15) is 35.6 Å². The summed E-state index contributed by atoms with van der Waals surface area (Å²) >= 11 is 0.880. The molecule has 162 valence electrons. The second kappa shape index (κ2) is 7.90. The molecule has 4 rings (SSSR count). The van der Waals surface area contributed by atoms with E-state index < -0.39 is 15.8 Å². The summed E-state index contributed by atoms with van der Waals surface area (Å²) in [5.41, 5.74) is 7.90. The summed E-state index contributed by atoms with van der Waals surface area (Å²) in [6.07, 6.45) is 1.21. The van der Waals surface area contributed by atoms with Crippen LogP contribution in [0, 0.1) is 38.5 Å². The maximum atomic E-state index is 13.1. The van der Waals surface area contributed by atoms with Crippen molar-refractivity contribution >= 4 is 33.5 Å². The van der Waals surface area contributed by atoms with Crippen molar-refractivity contribution in [1.82, 2.24) is 0 Å². The Balaban J connectivity index is 1.99. The maximum absolute atomic E-state index is 13.1. The van der Waals surface area contributed by atoms with E-state index in [1.54, 1.807) is 19.1 Å². The first-order valence-electron chi connectivity index (χ1n) is 9.69. The van der Waals surface area contributed by atoms with E-state index in [1.807, 2.05) is 6.07 Å². The molecule has 0 radical (unpaired) electrons. The summed E-state index contributed by atoms with van der Waals surface area (Å²) < 4.78 is 0. The number of ketones is 1. The fraction of sp³-hybridized carbons (Fsp3) is 0.238. The molecule has 2 N–H and O–H groups in total. The molecular weight excluding hydrogens is 434 g/mol. The number of rotatable bonds is 4. The van der Waals surface area contributed by atoms with Gasteiger partial charge in [-0.2, -0.15) is 5.26 Å². The zero-order valence-corrected chi connectivity index (χ0v) is 17.7. The number of nitro groups is 2. The van der Waals surface area contributed by atoms with Crippen molar-refractivity contribution in [2.24, 2.45) is 5.73 Å². The van der Waals surface area contributed by atoms with E-state index in [2.05, 4.69) is 0 Å². The van der Waals surface area contributed by atoms with Gasteiger partial charge in [0.05, 0.1) is 27.4 Å². The lowest BCUT2D eigenvalue weighted by atomic mass is 9.78. The number of Topliss-reactive ketones (excluding diaryl/α,β-unsaturated/α-hetero) is 1. The third kappa shape index (κ3) is 3.30. The average molecular weight is 451 g/mol. The summed E-state index contributed by atoms with van der Waals surface area (Å²) in [7, 11) is 0. The van der Waals surface area contributed by atoms with Crippen molar-refractivity contribution in [1.29, 1.82) is 5.26 Å². The molecule has 0 amide bonds. The molecule has 2 aromatic rings. The van der Waals surface area contributed by atoms with Gasteiger partial charge in [0.2, 0.25) is 0 Å². The number of allylic oxidation sites excluding steroid dienone is 3. The molecule has 11 heteroatoms. The fourth-order valence-electron chi connectivity index (χ4n) is 4.21. The van der Waals surface area contributed by atoms with E-state index in [0.717, 1.165) is 11.3 Å². The van der Waals surface area contributed by atoms with Gasteiger partial charge in [0.1, 0.15) is 11.5 Å².